The van der Waals surface area contributed by atoms with Gasteiger partial charge in [-0.1, -0.05) is 13.0 Å². The van der Waals surface area contributed by atoms with Crippen molar-refractivity contribution in [2.75, 3.05) is 13.1 Å². The molecule has 3 heterocycles. The van der Waals surface area contributed by atoms with Crippen LogP contribution in [0.4, 0.5) is 0 Å². The summed E-state index contributed by atoms with van der Waals surface area (Å²) in [5, 5.41) is 12.0. The molecule has 0 saturated carbocycles. The maximum Gasteiger partial charge on any atom is 0.306 e. The molecule has 2 aromatic rings. The van der Waals surface area contributed by atoms with E-state index in [1.54, 1.807) is 24.5 Å². The van der Waals surface area contributed by atoms with Crippen molar-refractivity contribution in [1.29, 1.82) is 0 Å². The molecule has 0 bridgehead atoms. The van der Waals surface area contributed by atoms with Crippen LogP contribution in [0.3, 0.4) is 0 Å². The first-order chi connectivity index (χ1) is 10.1. The molecule has 1 fully saturated rings. The first-order valence-electron chi connectivity index (χ1n) is 6.94. The summed E-state index contributed by atoms with van der Waals surface area (Å²) in [5.74, 6) is -0.706. The predicted molar refractivity (Wildman–Crippen MR) is 80.9 cm³/mol. The molecule has 0 aliphatic carbocycles. The Morgan fingerprint density at radius 2 is 2.33 bits per heavy atom. The summed E-state index contributed by atoms with van der Waals surface area (Å²) in [7, 11) is 0. The summed E-state index contributed by atoms with van der Waals surface area (Å²) in [4.78, 5) is 22.1. The SMILES string of the molecule is CC(C(=O)O)C1CN(Cc2csc(-c3ccccn3)n2)C1. The highest BCUT2D eigenvalue weighted by atomic mass is 32.1. The van der Waals surface area contributed by atoms with E-state index in [2.05, 4.69) is 20.2 Å². The summed E-state index contributed by atoms with van der Waals surface area (Å²) < 4.78 is 0. The Morgan fingerprint density at radius 1 is 1.52 bits per heavy atom. The molecule has 1 unspecified atom stereocenters. The average Bonchev–Trinajstić information content (AvgIpc) is 2.91. The molecule has 0 spiro atoms. The lowest BCUT2D eigenvalue weighted by Crippen LogP contribution is -2.50. The number of thiazole rings is 1. The molecule has 1 aliphatic rings. The van der Waals surface area contributed by atoms with Crippen molar-refractivity contribution in [2.45, 2.75) is 13.5 Å². The van der Waals surface area contributed by atoms with Crippen molar-refractivity contribution in [3.63, 3.8) is 0 Å². The largest absolute Gasteiger partial charge is 0.481 e. The number of carbonyl (C=O) groups is 1. The Labute approximate surface area is 127 Å². The lowest BCUT2D eigenvalue weighted by molar-refractivity contribution is -0.145. The third kappa shape index (κ3) is 3.11. The fourth-order valence-corrected chi connectivity index (χ4v) is 3.26. The topological polar surface area (TPSA) is 66.3 Å². The maximum atomic E-state index is 10.9. The Balaban J connectivity index is 1.56. The smallest absolute Gasteiger partial charge is 0.306 e. The number of pyridine rings is 1. The van der Waals surface area contributed by atoms with Crippen molar-refractivity contribution in [3.05, 3.63) is 35.5 Å². The minimum atomic E-state index is -0.703. The lowest BCUT2D eigenvalue weighted by atomic mass is 9.87. The minimum Gasteiger partial charge on any atom is -0.481 e. The van der Waals surface area contributed by atoms with E-state index in [4.69, 9.17) is 5.11 Å². The molecule has 110 valence electrons. The van der Waals surface area contributed by atoms with E-state index >= 15 is 0 Å². The molecule has 0 amide bonds. The molecule has 0 radical (unpaired) electrons. The number of likely N-dealkylation sites (tertiary alicyclic amines) is 1. The second kappa shape index (κ2) is 5.91. The lowest BCUT2D eigenvalue weighted by Gasteiger charge is -2.40. The number of hydrogen-bond donors (Lipinski definition) is 1. The summed E-state index contributed by atoms with van der Waals surface area (Å²) >= 11 is 1.60. The number of carboxylic acid groups (broad SMARTS) is 1. The normalized spacial score (nSPS) is 17.4. The number of aliphatic carboxylic acids is 1. The predicted octanol–water partition coefficient (Wildman–Crippen LogP) is 2.36. The van der Waals surface area contributed by atoms with E-state index in [-0.39, 0.29) is 11.8 Å². The summed E-state index contributed by atoms with van der Waals surface area (Å²) in [5.41, 5.74) is 1.93. The third-order valence-corrected chi connectivity index (χ3v) is 4.82. The first kappa shape index (κ1) is 14.2. The van der Waals surface area contributed by atoms with Crippen LogP contribution < -0.4 is 0 Å². The summed E-state index contributed by atoms with van der Waals surface area (Å²) in [6.07, 6.45) is 1.77. The van der Waals surface area contributed by atoms with Crippen LogP contribution in [-0.4, -0.2) is 39.0 Å². The number of hydrogen-bond acceptors (Lipinski definition) is 5. The van der Waals surface area contributed by atoms with E-state index < -0.39 is 5.97 Å². The fourth-order valence-electron chi connectivity index (χ4n) is 2.47. The van der Waals surface area contributed by atoms with Crippen molar-refractivity contribution < 1.29 is 9.90 Å². The van der Waals surface area contributed by atoms with Crippen LogP contribution >= 0.6 is 11.3 Å². The van der Waals surface area contributed by atoms with Gasteiger partial charge in [0, 0.05) is 31.2 Å². The molecular weight excluding hydrogens is 286 g/mol. The van der Waals surface area contributed by atoms with Crippen LogP contribution in [0.2, 0.25) is 0 Å². The van der Waals surface area contributed by atoms with Crippen molar-refractivity contribution in [1.82, 2.24) is 14.9 Å². The van der Waals surface area contributed by atoms with Gasteiger partial charge in [-0.15, -0.1) is 11.3 Å². The Hall–Kier alpha value is -1.79. The average molecular weight is 303 g/mol. The molecule has 3 rings (SSSR count). The van der Waals surface area contributed by atoms with Gasteiger partial charge in [-0.2, -0.15) is 0 Å². The van der Waals surface area contributed by atoms with Crippen LogP contribution in [0.25, 0.3) is 10.7 Å². The molecular formula is C15H17N3O2S. The standard InChI is InChI=1S/C15H17N3O2S/c1-10(15(19)20)11-6-18(7-11)8-12-9-21-14(17-12)13-4-2-3-5-16-13/h2-5,9-11H,6-8H2,1H3,(H,19,20). The Morgan fingerprint density at radius 3 is 3.00 bits per heavy atom. The van der Waals surface area contributed by atoms with Gasteiger partial charge in [-0.05, 0) is 18.1 Å². The number of nitrogens with zero attached hydrogens (tertiary/aromatic N) is 3. The van der Waals surface area contributed by atoms with Gasteiger partial charge in [0.15, 0.2) is 0 Å². The minimum absolute atomic E-state index is 0.261. The Kier molecular flexibility index (Phi) is 3.98. The van der Waals surface area contributed by atoms with E-state index in [1.807, 2.05) is 18.2 Å². The van der Waals surface area contributed by atoms with Crippen molar-refractivity contribution >= 4 is 17.3 Å². The molecule has 6 heteroatoms. The molecule has 2 aromatic heterocycles. The van der Waals surface area contributed by atoms with E-state index in [0.29, 0.717) is 0 Å². The fraction of sp³-hybridized carbons (Fsp3) is 0.400. The highest BCUT2D eigenvalue weighted by Gasteiger charge is 2.34. The number of rotatable bonds is 5. The zero-order valence-corrected chi connectivity index (χ0v) is 12.6. The van der Waals surface area contributed by atoms with E-state index in [9.17, 15) is 4.79 Å². The van der Waals surface area contributed by atoms with Crippen LogP contribution in [0.5, 0.6) is 0 Å². The van der Waals surface area contributed by atoms with Gasteiger partial charge in [-0.25, -0.2) is 4.98 Å². The van der Waals surface area contributed by atoms with Gasteiger partial charge in [0.1, 0.15) is 5.01 Å². The Bertz CT molecular complexity index is 623. The molecule has 0 aromatic carbocycles. The zero-order chi connectivity index (χ0) is 14.8. The van der Waals surface area contributed by atoms with Crippen LogP contribution in [0.1, 0.15) is 12.6 Å². The number of aromatic nitrogens is 2. The molecule has 21 heavy (non-hydrogen) atoms. The van der Waals surface area contributed by atoms with E-state index in [0.717, 1.165) is 36.0 Å². The maximum absolute atomic E-state index is 10.9. The quantitative estimate of drug-likeness (QED) is 0.918. The van der Waals surface area contributed by atoms with Gasteiger partial charge < -0.3 is 5.11 Å². The van der Waals surface area contributed by atoms with Crippen molar-refractivity contribution in [3.8, 4) is 10.7 Å². The van der Waals surface area contributed by atoms with Crippen LogP contribution in [0.15, 0.2) is 29.8 Å². The molecule has 1 aliphatic heterocycles. The van der Waals surface area contributed by atoms with Crippen LogP contribution in [0, 0.1) is 11.8 Å². The second-order valence-electron chi connectivity index (χ2n) is 5.44. The molecule has 1 atom stereocenters. The molecule has 1 N–H and O–H groups in total. The number of carboxylic acids is 1. The van der Waals surface area contributed by atoms with Gasteiger partial charge in [0.05, 0.1) is 17.3 Å². The zero-order valence-electron chi connectivity index (χ0n) is 11.8. The highest BCUT2D eigenvalue weighted by molar-refractivity contribution is 7.13. The second-order valence-corrected chi connectivity index (χ2v) is 6.30. The third-order valence-electron chi connectivity index (χ3n) is 3.90. The van der Waals surface area contributed by atoms with Gasteiger partial charge >= 0.3 is 5.97 Å². The van der Waals surface area contributed by atoms with Gasteiger partial charge in [0.25, 0.3) is 0 Å². The van der Waals surface area contributed by atoms with Crippen LogP contribution in [-0.2, 0) is 11.3 Å². The van der Waals surface area contributed by atoms with E-state index in [1.165, 1.54) is 0 Å². The van der Waals surface area contributed by atoms with Gasteiger partial charge in [-0.3, -0.25) is 14.7 Å². The highest BCUT2D eigenvalue weighted by Crippen LogP contribution is 2.27. The van der Waals surface area contributed by atoms with Crippen molar-refractivity contribution in [2.24, 2.45) is 11.8 Å². The monoisotopic (exact) mass is 303 g/mol. The first-order valence-corrected chi connectivity index (χ1v) is 7.82. The van der Waals surface area contributed by atoms with Gasteiger partial charge in [0.2, 0.25) is 0 Å². The summed E-state index contributed by atoms with van der Waals surface area (Å²) in [6, 6.07) is 5.80. The molecule has 5 nitrogen and oxygen atoms in total. The summed E-state index contributed by atoms with van der Waals surface area (Å²) in [6.45, 7) is 4.24. The molecule has 1 saturated heterocycles.